The third-order valence-electron chi connectivity index (χ3n) is 5.67. The maximum atomic E-state index is 13.1. The summed E-state index contributed by atoms with van der Waals surface area (Å²) < 4.78 is 7.34. The van der Waals surface area contributed by atoms with Gasteiger partial charge in [-0.2, -0.15) is 0 Å². The Labute approximate surface area is 165 Å². The Morgan fingerprint density at radius 2 is 1.93 bits per heavy atom. The first-order chi connectivity index (χ1) is 13.7. The fourth-order valence-corrected chi connectivity index (χ4v) is 4.06. The number of piperidine rings is 1. The third kappa shape index (κ3) is 3.75. The van der Waals surface area contributed by atoms with Crippen molar-refractivity contribution in [3.05, 3.63) is 59.9 Å². The Kier molecular flexibility index (Phi) is 5.33. The van der Waals surface area contributed by atoms with Crippen LogP contribution in [0.1, 0.15) is 37.6 Å². The average molecular weight is 377 g/mol. The molecule has 1 saturated heterocycles. The van der Waals surface area contributed by atoms with Gasteiger partial charge >= 0.3 is 0 Å². The summed E-state index contributed by atoms with van der Waals surface area (Å²) in [7, 11) is 1.67. The number of carbonyl (C=O) groups is 1. The number of benzene rings is 2. The predicted octanol–water partition coefficient (Wildman–Crippen LogP) is 4.04. The van der Waals surface area contributed by atoms with Crippen LogP contribution in [0.2, 0.25) is 0 Å². The molecule has 146 valence electrons. The van der Waals surface area contributed by atoms with Crippen molar-refractivity contribution in [3.63, 3.8) is 0 Å². The molecule has 0 unspecified atom stereocenters. The molecule has 3 aromatic rings. The number of nitrogens with zero attached hydrogens (tertiary/aromatic N) is 3. The van der Waals surface area contributed by atoms with Gasteiger partial charge in [-0.1, -0.05) is 24.3 Å². The molecule has 0 saturated carbocycles. The van der Waals surface area contributed by atoms with Crippen molar-refractivity contribution in [1.29, 1.82) is 0 Å². The number of methoxy groups -OCH3 is 1. The highest BCUT2D eigenvalue weighted by Crippen LogP contribution is 2.22. The highest BCUT2D eigenvalue weighted by Gasteiger charge is 2.24. The van der Waals surface area contributed by atoms with E-state index in [-0.39, 0.29) is 5.91 Å². The van der Waals surface area contributed by atoms with Crippen LogP contribution in [0.15, 0.2) is 48.5 Å². The molecule has 1 amide bonds. The monoisotopic (exact) mass is 377 g/mol. The van der Waals surface area contributed by atoms with Crippen LogP contribution in [0.4, 0.5) is 0 Å². The molecule has 2 aromatic carbocycles. The molecular formula is C23H27N3O2. The molecule has 0 spiro atoms. The first-order valence-corrected chi connectivity index (χ1v) is 10.0. The highest BCUT2D eigenvalue weighted by atomic mass is 16.5. The smallest absolute Gasteiger partial charge is 0.242 e. The van der Waals surface area contributed by atoms with Crippen molar-refractivity contribution in [2.45, 2.75) is 45.2 Å². The molecule has 28 heavy (non-hydrogen) atoms. The molecule has 5 nitrogen and oxygen atoms in total. The summed E-state index contributed by atoms with van der Waals surface area (Å²) in [6.45, 7) is 3.36. The second-order valence-electron chi connectivity index (χ2n) is 7.56. The number of hydrogen-bond donors (Lipinski definition) is 0. The van der Waals surface area contributed by atoms with Crippen LogP contribution < -0.4 is 4.74 Å². The minimum Gasteiger partial charge on any atom is -0.497 e. The standard InChI is InChI=1S/C23H27N3O2/c1-17-7-5-6-14-25(17)23(27)16-26-21-9-4-3-8-20(21)24-22(26)15-18-10-12-19(28-2)13-11-18/h3-4,8-13,17H,5-7,14-16H2,1-2H3/t17-/m0/s1. The van der Waals surface area contributed by atoms with E-state index in [1.54, 1.807) is 7.11 Å². The van der Waals surface area contributed by atoms with Gasteiger partial charge in [0.15, 0.2) is 0 Å². The number of amides is 1. The minimum atomic E-state index is 0.186. The second-order valence-corrected chi connectivity index (χ2v) is 7.56. The van der Waals surface area contributed by atoms with Gasteiger partial charge in [0, 0.05) is 19.0 Å². The summed E-state index contributed by atoms with van der Waals surface area (Å²) >= 11 is 0. The molecule has 5 heteroatoms. The van der Waals surface area contributed by atoms with E-state index in [0.717, 1.165) is 47.6 Å². The molecule has 1 aromatic heterocycles. The number of ether oxygens (including phenoxy) is 1. The SMILES string of the molecule is COc1ccc(Cc2nc3ccccc3n2CC(=O)N2CCCC[C@@H]2C)cc1. The fraction of sp³-hybridized carbons (Fsp3) is 0.391. The van der Waals surface area contributed by atoms with Crippen molar-refractivity contribution >= 4 is 16.9 Å². The van der Waals surface area contributed by atoms with Crippen molar-refractivity contribution in [1.82, 2.24) is 14.5 Å². The molecule has 2 heterocycles. The van der Waals surface area contributed by atoms with E-state index in [9.17, 15) is 4.79 Å². The number of hydrogen-bond acceptors (Lipinski definition) is 3. The number of likely N-dealkylation sites (tertiary alicyclic amines) is 1. The molecule has 4 rings (SSSR count). The number of imidazole rings is 1. The number of rotatable bonds is 5. The van der Waals surface area contributed by atoms with Crippen molar-refractivity contribution in [2.24, 2.45) is 0 Å². The Hall–Kier alpha value is -2.82. The van der Waals surface area contributed by atoms with Crippen LogP contribution in [-0.4, -0.2) is 40.1 Å². The fourth-order valence-electron chi connectivity index (χ4n) is 4.06. The molecule has 0 radical (unpaired) electrons. The minimum absolute atomic E-state index is 0.186. The molecule has 0 N–H and O–H groups in total. The molecule has 1 aliphatic rings. The van der Waals surface area contributed by atoms with Gasteiger partial charge in [0.05, 0.1) is 18.1 Å². The quantitative estimate of drug-likeness (QED) is 0.674. The van der Waals surface area contributed by atoms with Crippen LogP contribution in [0.3, 0.4) is 0 Å². The summed E-state index contributed by atoms with van der Waals surface area (Å²) in [5.74, 6) is 1.95. The van der Waals surface area contributed by atoms with E-state index in [2.05, 4.69) is 23.6 Å². The van der Waals surface area contributed by atoms with Crippen LogP contribution in [0, 0.1) is 0 Å². The third-order valence-corrected chi connectivity index (χ3v) is 5.67. The summed E-state index contributed by atoms with van der Waals surface area (Å²) in [6, 6.07) is 16.4. The lowest BCUT2D eigenvalue weighted by atomic mass is 10.0. The van der Waals surface area contributed by atoms with Gasteiger partial charge in [-0.15, -0.1) is 0 Å². The highest BCUT2D eigenvalue weighted by molar-refractivity contribution is 5.81. The maximum Gasteiger partial charge on any atom is 0.242 e. The van der Waals surface area contributed by atoms with Crippen molar-refractivity contribution in [3.8, 4) is 5.75 Å². The number of aromatic nitrogens is 2. The lowest BCUT2D eigenvalue weighted by Gasteiger charge is -2.33. The second kappa shape index (κ2) is 8.05. The van der Waals surface area contributed by atoms with Crippen LogP contribution in [0.5, 0.6) is 5.75 Å². The van der Waals surface area contributed by atoms with E-state index >= 15 is 0 Å². The molecule has 1 fully saturated rings. The molecule has 1 aliphatic heterocycles. The molecule has 0 aliphatic carbocycles. The van der Waals surface area contributed by atoms with Gasteiger partial charge in [0.2, 0.25) is 5.91 Å². The van der Waals surface area contributed by atoms with Gasteiger partial charge < -0.3 is 14.2 Å². The van der Waals surface area contributed by atoms with Crippen LogP contribution in [-0.2, 0) is 17.8 Å². The Morgan fingerprint density at radius 3 is 2.68 bits per heavy atom. The summed E-state index contributed by atoms with van der Waals surface area (Å²) in [5, 5.41) is 0. The van der Waals surface area contributed by atoms with Gasteiger partial charge in [0.1, 0.15) is 18.1 Å². The summed E-state index contributed by atoms with van der Waals surface area (Å²) in [4.78, 5) is 19.9. The average Bonchev–Trinajstić information content (AvgIpc) is 3.06. The zero-order valence-corrected chi connectivity index (χ0v) is 16.6. The summed E-state index contributed by atoms with van der Waals surface area (Å²) in [6.07, 6.45) is 4.08. The maximum absolute atomic E-state index is 13.1. The largest absolute Gasteiger partial charge is 0.497 e. The predicted molar refractivity (Wildman–Crippen MR) is 111 cm³/mol. The first-order valence-electron chi connectivity index (χ1n) is 10.0. The van der Waals surface area contributed by atoms with Crippen LogP contribution in [0.25, 0.3) is 11.0 Å². The van der Waals surface area contributed by atoms with E-state index in [1.165, 1.54) is 6.42 Å². The van der Waals surface area contributed by atoms with Gasteiger partial charge in [-0.3, -0.25) is 4.79 Å². The summed E-state index contributed by atoms with van der Waals surface area (Å²) in [5.41, 5.74) is 3.10. The number of fused-ring (bicyclic) bond motifs is 1. The Morgan fingerprint density at radius 1 is 1.14 bits per heavy atom. The lowest BCUT2D eigenvalue weighted by Crippen LogP contribution is -2.43. The van der Waals surface area contributed by atoms with Crippen LogP contribution >= 0.6 is 0 Å². The molecule has 1 atom stereocenters. The van der Waals surface area contributed by atoms with Gasteiger partial charge in [0.25, 0.3) is 0 Å². The van der Waals surface area contributed by atoms with Crippen molar-refractivity contribution < 1.29 is 9.53 Å². The Balaban J connectivity index is 1.63. The van der Waals surface area contributed by atoms with E-state index < -0.39 is 0 Å². The van der Waals surface area contributed by atoms with E-state index in [1.807, 2.05) is 41.3 Å². The zero-order valence-electron chi connectivity index (χ0n) is 16.6. The number of carbonyl (C=O) groups excluding carboxylic acids is 1. The van der Waals surface area contributed by atoms with Crippen molar-refractivity contribution in [2.75, 3.05) is 13.7 Å². The molecular weight excluding hydrogens is 350 g/mol. The Bertz CT molecular complexity index is 962. The van der Waals surface area contributed by atoms with E-state index in [0.29, 0.717) is 19.0 Å². The topological polar surface area (TPSA) is 47.4 Å². The van der Waals surface area contributed by atoms with Gasteiger partial charge in [-0.05, 0) is 56.0 Å². The first kappa shape index (κ1) is 18.5. The normalized spacial score (nSPS) is 17.1. The molecule has 0 bridgehead atoms. The lowest BCUT2D eigenvalue weighted by molar-refractivity contribution is -0.135. The zero-order chi connectivity index (χ0) is 19.5. The number of para-hydroxylation sites is 2. The van der Waals surface area contributed by atoms with E-state index in [4.69, 9.17) is 9.72 Å². The van der Waals surface area contributed by atoms with Gasteiger partial charge in [-0.25, -0.2) is 4.98 Å².